The molecule has 1 aromatic rings. The van der Waals surface area contributed by atoms with Gasteiger partial charge in [0.05, 0.1) is 10.6 Å². The van der Waals surface area contributed by atoms with E-state index in [4.69, 9.17) is 11.6 Å². The number of nitrogens with one attached hydrogen (secondary N) is 1. The Balaban J connectivity index is 2.48. The molecule has 0 aliphatic heterocycles. The molecule has 0 saturated heterocycles. The predicted molar refractivity (Wildman–Crippen MR) is 76.0 cm³/mol. The summed E-state index contributed by atoms with van der Waals surface area (Å²) in [6.45, 7) is 4.93. The van der Waals surface area contributed by atoms with Crippen molar-refractivity contribution in [1.82, 2.24) is 5.32 Å². The van der Waals surface area contributed by atoms with Gasteiger partial charge in [-0.2, -0.15) is 0 Å². The Bertz CT molecular complexity index is 381. The van der Waals surface area contributed by atoms with E-state index < -0.39 is 0 Å². The maximum atomic E-state index is 11.8. The Hall–Kier alpha value is -0.540. The number of halogens is 2. The third-order valence-electron chi connectivity index (χ3n) is 2.33. The van der Waals surface area contributed by atoms with Gasteiger partial charge >= 0.3 is 0 Å². The minimum absolute atomic E-state index is 0.121. The molecule has 0 saturated carbocycles. The van der Waals surface area contributed by atoms with Gasteiger partial charge in [-0.1, -0.05) is 53.5 Å². The lowest BCUT2D eigenvalue weighted by Gasteiger charge is -2.13. The van der Waals surface area contributed by atoms with Gasteiger partial charge in [0.15, 0.2) is 0 Å². The van der Waals surface area contributed by atoms with E-state index in [2.05, 4.69) is 35.1 Å². The quantitative estimate of drug-likeness (QED) is 0.820. The zero-order chi connectivity index (χ0) is 12.8. The molecule has 0 aromatic heterocycles. The van der Waals surface area contributed by atoms with Crippen molar-refractivity contribution in [3.63, 3.8) is 0 Å². The Kier molecular flexibility index (Phi) is 6.00. The molecule has 0 fully saturated rings. The van der Waals surface area contributed by atoms with Crippen molar-refractivity contribution in [3.05, 3.63) is 34.9 Å². The van der Waals surface area contributed by atoms with Crippen molar-refractivity contribution in [2.24, 2.45) is 5.92 Å². The van der Waals surface area contributed by atoms with Crippen LogP contribution in [0.2, 0.25) is 5.02 Å². The van der Waals surface area contributed by atoms with Crippen molar-refractivity contribution >= 4 is 33.4 Å². The summed E-state index contributed by atoms with van der Waals surface area (Å²) in [6, 6.07) is 7.06. The summed E-state index contributed by atoms with van der Waals surface area (Å²) in [7, 11) is 0. The SMILES string of the molecule is CC(C)CC(Br)CNC(=O)c1ccccc1Cl. The molecule has 17 heavy (non-hydrogen) atoms. The van der Waals surface area contributed by atoms with Crippen LogP contribution < -0.4 is 5.32 Å². The fourth-order valence-electron chi connectivity index (χ4n) is 1.54. The number of amides is 1. The summed E-state index contributed by atoms with van der Waals surface area (Å²) >= 11 is 9.50. The molecular weight excluding hydrogens is 302 g/mol. The van der Waals surface area contributed by atoms with Gasteiger partial charge in [-0.05, 0) is 24.5 Å². The maximum absolute atomic E-state index is 11.8. The number of hydrogen-bond acceptors (Lipinski definition) is 1. The summed E-state index contributed by atoms with van der Waals surface area (Å²) < 4.78 is 0. The van der Waals surface area contributed by atoms with E-state index in [1.54, 1.807) is 18.2 Å². The molecule has 1 unspecified atom stereocenters. The molecule has 1 rings (SSSR count). The van der Waals surface area contributed by atoms with E-state index in [0.717, 1.165) is 6.42 Å². The number of hydrogen-bond donors (Lipinski definition) is 1. The molecule has 0 radical (unpaired) electrons. The van der Waals surface area contributed by atoms with Gasteiger partial charge in [0.1, 0.15) is 0 Å². The topological polar surface area (TPSA) is 29.1 Å². The first kappa shape index (κ1) is 14.5. The van der Waals surface area contributed by atoms with Crippen molar-refractivity contribution in [1.29, 1.82) is 0 Å². The molecule has 1 amide bonds. The molecule has 1 aromatic carbocycles. The summed E-state index contributed by atoms with van der Waals surface area (Å²) in [6.07, 6.45) is 1.03. The highest BCUT2D eigenvalue weighted by molar-refractivity contribution is 9.09. The first-order chi connectivity index (χ1) is 8.00. The second-order valence-corrected chi connectivity index (χ2v) is 6.12. The smallest absolute Gasteiger partial charge is 0.252 e. The third-order valence-corrected chi connectivity index (χ3v) is 3.36. The predicted octanol–water partition coefficient (Wildman–Crippen LogP) is 3.88. The Labute approximate surface area is 116 Å². The van der Waals surface area contributed by atoms with Gasteiger partial charge in [0, 0.05) is 11.4 Å². The average Bonchev–Trinajstić information content (AvgIpc) is 2.25. The van der Waals surface area contributed by atoms with Crippen molar-refractivity contribution in [2.45, 2.75) is 25.1 Å². The zero-order valence-corrected chi connectivity index (χ0v) is 12.4. The number of carbonyl (C=O) groups is 1. The minimum atomic E-state index is -0.121. The van der Waals surface area contributed by atoms with Crippen molar-refractivity contribution in [3.8, 4) is 0 Å². The summed E-state index contributed by atoms with van der Waals surface area (Å²) in [5.74, 6) is 0.486. The fraction of sp³-hybridized carbons (Fsp3) is 0.462. The number of rotatable bonds is 5. The van der Waals surface area contributed by atoms with Gasteiger partial charge in [0.25, 0.3) is 5.91 Å². The highest BCUT2D eigenvalue weighted by Crippen LogP contribution is 2.15. The van der Waals surface area contributed by atoms with E-state index in [0.29, 0.717) is 27.9 Å². The van der Waals surface area contributed by atoms with E-state index in [9.17, 15) is 4.79 Å². The van der Waals surface area contributed by atoms with Gasteiger partial charge in [-0.25, -0.2) is 0 Å². The molecular formula is C13H17BrClNO. The standard InChI is InChI=1S/C13H17BrClNO/c1-9(2)7-10(14)8-16-13(17)11-5-3-4-6-12(11)15/h3-6,9-10H,7-8H2,1-2H3,(H,16,17). The molecule has 0 aliphatic rings. The zero-order valence-electron chi connectivity index (χ0n) is 10.0. The van der Waals surface area contributed by atoms with Gasteiger partial charge < -0.3 is 5.32 Å². The van der Waals surface area contributed by atoms with Crippen LogP contribution in [0, 0.1) is 5.92 Å². The number of carbonyl (C=O) groups excluding carboxylic acids is 1. The van der Waals surface area contributed by atoms with Crippen LogP contribution in [0.15, 0.2) is 24.3 Å². The normalized spacial score (nSPS) is 12.5. The van der Waals surface area contributed by atoms with Gasteiger partial charge in [0.2, 0.25) is 0 Å². The van der Waals surface area contributed by atoms with Crippen LogP contribution in [0.3, 0.4) is 0 Å². The summed E-state index contributed by atoms with van der Waals surface area (Å²) in [5, 5.41) is 3.36. The van der Waals surface area contributed by atoms with E-state index in [1.807, 2.05) is 6.07 Å². The van der Waals surface area contributed by atoms with E-state index in [1.165, 1.54) is 0 Å². The summed E-state index contributed by atoms with van der Waals surface area (Å²) in [5.41, 5.74) is 0.526. The van der Waals surface area contributed by atoms with Crippen molar-refractivity contribution in [2.75, 3.05) is 6.54 Å². The van der Waals surface area contributed by atoms with Crippen LogP contribution in [0.5, 0.6) is 0 Å². The molecule has 94 valence electrons. The van der Waals surface area contributed by atoms with Crippen molar-refractivity contribution < 1.29 is 4.79 Å². The highest BCUT2D eigenvalue weighted by Gasteiger charge is 2.12. The van der Waals surface area contributed by atoms with Crippen LogP contribution >= 0.6 is 27.5 Å². The first-order valence-electron chi connectivity index (χ1n) is 5.67. The molecule has 0 bridgehead atoms. The molecule has 1 N–H and O–H groups in total. The monoisotopic (exact) mass is 317 g/mol. The van der Waals surface area contributed by atoms with Gasteiger partial charge in [-0.15, -0.1) is 0 Å². The van der Waals surface area contributed by atoms with Crippen LogP contribution in [0.4, 0.5) is 0 Å². The van der Waals surface area contributed by atoms with Crippen LogP contribution in [-0.4, -0.2) is 17.3 Å². The lowest BCUT2D eigenvalue weighted by atomic mass is 10.1. The maximum Gasteiger partial charge on any atom is 0.252 e. The number of alkyl halides is 1. The van der Waals surface area contributed by atoms with E-state index >= 15 is 0 Å². The highest BCUT2D eigenvalue weighted by atomic mass is 79.9. The second-order valence-electron chi connectivity index (χ2n) is 4.42. The van der Waals surface area contributed by atoms with Gasteiger partial charge in [-0.3, -0.25) is 4.79 Å². The lowest BCUT2D eigenvalue weighted by Crippen LogP contribution is -2.30. The minimum Gasteiger partial charge on any atom is -0.351 e. The first-order valence-corrected chi connectivity index (χ1v) is 6.97. The Morgan fingerprint density at radius 1 is 1.41 bits per heavy atom. The molecule has 1 atom stereocenters. The fourth-order valence-corrected chi connectivity index (χ4v) is 2.67. The molecule has 0 spiro atoms. The Morgan fingerprint density at radius 2 is 2.06 bits per heavy atom. The van der Waals surface area contributed by atoms with Crippen LogP contribution in [-0.2, 0) is 0 Å². The lowest BCUT2D eigenvalue weighted by molar-refractivity contribution is 0.0953. The third kappa shape index (κ3) is 5.09. The second kappa shape index (κ2) is 7.02. The summed E-state index contributed by atoms with van der Waals surface area (Å²) in [4.78, 5) is 12.1. The van der Waals surface area contributed by atoms with Crippen LogP contribution in [0.1, 0.15) is 30.6 Å². The molecule has 0 heterocycles. The number of benzene rings is 1. The Morgan fingerprint density at radius 3 is 2.65 bits per heavy atom. The largest absolute Gasteiger partial charge is 0.351 e. The average molecular weight is 319 g/mol. The molecule has 2 nitrogen and oxygen atoms in total. The van der Waals surface area contributed by atoms with E-state index in [-0.39, 0.29) is 5.91 Å². The van der Waals surface area contributed by atoms with Crippen LogP contribution in [0.25, 0.3) is 0 Å². The molecule has 0 aliphatic carbocycles. The molecule has 4 heteroatoms.